The lowest BCUT2D eigenvalue weighted by Gasteiger charge is -2.06. The number of hydrogen-bond acceptors (Lipinski definition) is 6. The van der Waals surface area contributed by atoms with Crippen molar-refractivity contribution in [2.75, 3.05) is 19.0 Å². The lowest BCUT2D eigenvalue weighted by atomic mass is 10.1. The van der Waals surface area contributed by atoms with Gasteiger partial charge in [0.1, 0.15) is 0 Å². The van der Waals surface area contributed by atoms with Crippen molar-refractivity contribution in [3.8, 4) is 0 Å². The molecule has 21 heavy (non-hydrogen) atoms. The van der Waals surface area contributed by atoms with E-state index in [1.54, 1.807) is 6.92 Å². The van der Waals surface area contributed by atoms with Crippen LogP contribution in [-0.4, -0.2) is 35.7 Å². The molecule has 8 nitrogen and oxygen atoms in total. The number of amides is 1. The number of ether oxygens (including phenoxy) is 2. The minimum atomic E-state index is -0.732. The highest BCUT2D eigenvalue weighted by Gasteiger charge is 2.11. The summed E-state index contributed by atoms with van der Waals surface area (Å²) in [6, 6.07) is 4.33. The van der Waals surface area contributed by atoms with Crippen molar-refractivity contribution in [1.82, 2.24) is 9.97 Å². The van der Waals surface area contributed by atoms with Gasteiger partial charge in [-0.25, -0.2) is 14.6 Å². The van der Waals surface area contributed by atoms with E-state index in [-0.39, 0.29) is 29.0 Å². The number of benzene rings is 1. The van der Waals surface area contributed by atoms with E-state index in [1.807, 2.05) is 0 Å². The number of methoxy groups -OCH3 is 1. The number of aromatic amines is 1. The molecule has 0 saturated carbocycles. The Balaban J connectivity index is 2.44. The summed E-state index contributed by atoms with van der Waals surface area (Å²) in [7, 11) is 1.26. The van der Waals surface area contributed by atoms with Gasteiger partial charge >= 0.3 is 12.1 Å². The highest BCUT2D eigenvalue weighted by molar-refractivity contribution is 5.94. The fourth-order valence-electron chi connectivity index (χ4n) is 1.71. The van der Waals surface area contributed by atoms with Gasteiger partial charge in [-0.05, 0) is 25.1 Å². The van der Waals surface area contributed by atoms with Gasteiger partial charge in [0, 0.05) is 0 Å². The van der Waals surface area contributed by atoms with Crippen LogP contribution in [0.3, 0.4) is 0 Å². The Labute approximate surface area is 119 Å². The Morgan fingerprint density at radius 1 is 1.38 bits per heavy atom. The predicted molar refractivity (Wildman–Crippen MR) is 74.3 cm³/mol. The lowest BCUT2D eigenvalue weighted by molar-refractivity contribution is 0.0601. The lowest BCUT2D eigenvalue weighted by Crippen LogP contribution is -2.19. The monoisotopic (exact) mass is 291 g/mol. The first-order chi connectivity index (χ1) is 10.0. The van der Waals surface area contributed by atoms with Crippen molar-refractivity contribution in [2.24, 2.45) is 0 Å². The first-order valence-corrected chi connectivity index (χ1v) is 6.11. The van der Waals surface area contributed by atoms with Gasteiger partial charge in [0.05, 0.1) is 30.2 Å². The van der Waals surface area contributed by atoms with Crippen LogP contribution < -0.4 is 10.9 Å². The molecule has 0 unspecified atom stereocenters. The summed E-state index contributed by atoms with van der Waals surface area (Å²) < 4.78 is 9.29. The summed E-state index contributed by atoms with van der Waals surface area (Å²) >= 11 is 0. The van der Waals surface area contributed by atoms with E-state index in [2.05, 4.69) is 20.0 Å². The molecule has 1 amide bonds. The summed E-state index contributed by atoms with van der Waals surface area (Å²) in [5.74, 6) is -0.605. The zero-order valence-corrected chi connectivity index (χ0v) is 11.4. The number of rotatable bonds is 3. The fourth-order valence-corrected chi connectivity index (χ4v) is 1.71. The standard InChI is InChI=1S/C13H13N3O5/c1-3-21-13(19)16-12-14-9-6-7(11(18)20-2)4-5-8(9)10(17)15-12/h4-6H,3H2,1-2H3,(H2,14,15,16,17,19). The molecule has 1 aromatic heterocycles. The molecule has 1 aromatic carbocycles. The van der Waals surface area contributed by atoms with Crippen molar-refractivity contribution in [1.29, 1.82) is 0 Å². The third-order valence-corrected chi connectivity index (χ3v) is 2.62. The Morgan fingerprint density at radius 2 is 2.14 bits per heavy atom. The first kappa shape index (κ1) is 14.5. The summed E-state index contributed by atoms with van der Waals surface area (Å²) in [6.07, 6.45) is -0.732. The van der Waals surface area contributed by atoms with Gasteiger partial charge in [-0.3, -0.25) is 15.1 Å². The molecule has 2 rings (SSSR count). The maximum atomic E-state index is 11.9. The van der Waals surface area contributed by atoms with Crippen LogP contribution in [0.4, 0.5) is 10.7 Å². The van der Waals surface area contributed by atoms with Crippen LogP contribution >= 0.6 is 0 Å². The van der Waals surface area contributed by atoms with E-state index in [4.69, 9.17) is 4.74 Å². The summed E-state index contributed by atoms with van der Waals surface area (Å²) in [6.45, 7) is 1.84. The van der Waals surface area contributed by atoms with Gasteiger partial charge in [0.25, 0.3) is 5.56 Å². The Morgan fingerprint density at radius 3 is 2.81 bits per heavy atom. The quantitative estimate of drug-likeness (QED) is 0.824. The predicted octanol–water partition coefficient (Wildman–Crippen LogP) is 1.28. The molecule has 0 saturated heterocycles. The Kier molecular flexibility index (Phi) is 4.17. The Hall–Kier alpha value is -2.90. The minimum Gasteiger partial charge on any atom is -0.465 e. The molecule has 110 valence electrons. The number of anilines is 1. The normalized spacial score (nSPS) is 10.2. The molecular formula is C13H13N3O5. The highest BCUT2D eigenvalue weighted by Crippen LogP contribution is 2.12. The van der Waals surface area contributed by atoms with Crippen molar-refractivity contribution >= 4 is 28.9 Å². The zero-order valence-electron chi connectivity index (χ0n) is 11.4. The largest absolute Gasteiger partial charge is 0.465 e. The molecule has 1 heterocycles. The molecule has 0 aliphatic rings. The Bertz CT molecular complexity index is 753. The molecule has 0 radical (unpaired) electrons. The number of hydrogen-bond donors (Lipinski definition) is 2. The molecule has 0 atom stereocenters. The van der Waals surface area contributed by atoms with Gasteiger partial charge in [0.15, 0.2) is 0 Å². The van der Waals surface area contributed by atoms with Crippen molar-refractivity contribution < 1.29 is 19.1 Å². The van der Waals surface area contributed by atoms with Gasteiger partial charge in [-0.2, -0.15) is 0 Å². The number of esters is 1. The van der Waals surface area contributed by atoms with E-state index in [0.717, 1.165) is 0 Å². The molecule has 2 N–H and O–H groups in total. The van der Waals surface area contributed by atoms with Crippen molar-refractivity contribution in [3.05, 3.63) is 34.1 Å². The van der Waals surface area contributed by atoms with E-state index < -0.39 is 17.6 Å². The van der Waals surface area contributed by atoms with Crippen LogP contribution in [0.1, 0.15) is 17.3 Å². The molecule has 0 fully saturated rings. The third-order valence-electron chi connectivity index (χ3n) is 2.62. The van der Waals surface area contributed by atoms with E-state index in [0.29, 0.717) is 0 Å². The molecule has 8 heteroatoms. The van der Waals surface area contributed by atoms with Gasteiger partial charge in [-0.1, -0.05) is 0 Å². The number of fused-ring (bicyclic) bond motifs is 1. The first-order valence-electron chi connectivity index (χ1n) is 6.11. The van der Waals surface area contributed by atoms with Crippen molar-refractivity contribution in [2.45, 2.75) is 6.92 Å². The van der Waals surface area contributed by atoms with Crippen LogP contribution in [0.5, 0.6) is 0 Å². The average Bonchev–Trinajstić information content (AvgIpc) is 2.46. The molecule has 0 spiro atoms. The molecular weight excluding hydrogens is 278 g/mol. The van der Waals surface area contributed by atoms with E-state index in [9.17, 15) is 14.4 Å². The maximum absolute atomic E-state index is 11.9. The van der Waals surface area contributed by atoms with Crippen molar-refractivity contribution in [3.63, 3.8) is 0 Å². The summed E-state index contributed by atoms with van der Waals surface area (Å²) in [5.41, 5.74) is 0.0712. The number of carbonyl (C=O) groups is 2. The number of aromatic nitrogens is 2. The minimum absolute atomic E-state index is 0.0621. The van der Waals surface area contributed by atoms with Crippen LogP contribution in [0.2, 0.25) is 0 Å². The highest BCUT2D eigenvalue weighted by atomic mass is 16.5. The maximum Gasteiger partial charge on any atom is 0.413 e. The van der Waals surface area contributed by atoms with Crippen LogP contribution in [0.25, 0.3) is 10.9 Å². The van der Waals surface area contributed by atoms with Gasteiger partial charge in [-0.15, -0.1) is 0 Å². The van der Waals surface area contributed by atoms with Gasteiger partial charge < -0.3 is 9.47 Å². The van der Waals surface area contributed by atoms with Crippen LogP contribution in [-0.2, 0) is 9.47 Å². The number of nitrogens with one attached hydrogen (secondary N) is 2. The molecule has 0 bridgehead atoms. The zero-order chi connectivity index (χ0) is 15.4. The van der Waals surface area contributed by atoms with Crippen LogP contribution in [0, 0.1) is 0 Å². The van der Waals surface area contributed by atoms with Gasteiger partial charge in [0.2, 0.25) is 5.95 Å². The number of H-pyrrole nitrogens is 1. The van der Waals surface area contributed by atoms with E-state index in [1.165, 1.54) is 25.3 Å². The molecule has 0 aliphatic heterocycles. The number of carbonyl (C=O) groups excluding carboxylic acids is 2. The SMILES string of the molecule is CCOC(=O)Nc1nc2cc(C(=O)OC)ccc2c(=O)[nH]1. The topological polar surface area (TPSA) is 110 Å². The van der Waals surface area contributed by atoms with Crippen LogP contribution in [0.15, 0.2) is 23.0 Å². The number of nitrogens with zero attached hydrogens (tertiary/aromatic N) is 1. The smallest absolute Gasteiger partial charge is 0.413 e. The summed E-state index contributed by atoms with van der Waals surface area (Å²) in [5, 5.41) is 2.58. The molecule has 2 aromatic rings. The molecule has 0 aliphatic carbocycles. The second-order valence-corrected chi connectivity index (χ2v) is 3.98. The second kappa shape index (κ2) is 6.04. The second-order valence-electron chi connectivity index (χ2n) is 3.98. The summed E-state index contributed by atoms with van der Waals surface area (Å²) in [4.78, 5) is 41.1. The third kappa shape index (κ3) is 3.16. The van der Waals surface area contributed by atoms with E-state index >= 15 is 0 Å². The fraction of sp³-hybridized carbons (Fsp3) is 0.231. The average molecular weight is 291 g/mol.